The number of hydrogen-bond acceptors (Lipinski definition) is 5. The lowest BCUT2D eigenvalue weighted by atomic mass is 9.96. The van der Waals surface area contributed by atoms with Crippen molar-refractivity contribution in [2.75, 3.05) is 0 Å². The van der Waals surface area contributed by atoms with Crippen LogP contribution < -0.4 is 5.32 Å². The van der Waals surface area contributed by atoms with Crippen LogP contribution in [0.3, 0.4) is 0 Å². The minimum absolute atomic E-state index is 0.0401. The first-order chi connectivity index (χ1) is 15.0. The molecule has 2 fully saturated rings. The molecule has 2 aliphatic carbocycles. The summed E-state index contributed by atoms with van der Waals surface area (Å²) in [6.45, 7) is 4.31. The van der Waals surface area contributed by atoms with Gasteiger partial charge >= 0.3 is 0 Å². The van der Waals surface area contributed by atoms with E-state index in [0.29, 0.717) is 11.6 Å². The highest BCUT2D eigenvalue weighted by atomic mass is 32.1. The van der Waals surface area contributed by atoms with Gasteiger partial charge in [0.15, 0.2) is 5.69 Å². The Morgan fingerprint density at radius 1 is 1.00 bits per heavy atom. The Bertz CT molecular complexity index is 869. The van der Waals surface area contributed by atoms with Gasteiger partial charge < -0.3 is 10.2 Å². The number of carbonyl (C=O) groups excluding carboxylic acids is 2. The van der Waals surface area contributed by atoms with Crippen molar-refractivity contribution in [1.82, 2.24) is 19.8 Å². The molecule has 0 bridgehead atoms. The maximum Gasteiger partial charge on any atom is 0.276 e. The second-order valence-electron chi connectivity index (χ2n) is 9.15. The van der Waals surface area contributed by atoms with Gasteiger partial charge in [-0.1, -0.05) is 68.3 Å². The summed E-state index contributed by atoms with van der Waals surface area (Å²) in [6, 6.07) is 7.78. The fraction of sp³-hybridized carbons (Fsp3) is 0.583. The Kier molecular flexibility index (Phi) is 7.00. The van der Waals surface area contributed by atoms with Crippen molar-refractivity contribution >= 4 is 23.3 Å². The number of aromatic nitrogens is 2. The van der Waals surface area contributed by atoms with Crippen molar-refractivity contribution in [3.63, 3.8) is 0 Å². The van der Waals surface area contributed by atoms with Crippen molar-refractivity contribution in [2.45, 2.75) is 89.3 Å². The molecule has 1 N–H and O–H groups in total. The molecule has 31 heavy (non-hydrogen) atoms. The highest BCUT2D eigenvalue weighted by molar-refractivity contribution is 7.03. The quantitative estimate of drug-likeness (QED) is 0.668. The first kappa shape index (κ1) is 21.9. The monoisotopic (exact) mass is 440 g/mol. The van der Waals surface area contributed by atoms with Gasteiger partial charge in [-0.05, 0) is 54.3 Å². The average Bonchev–Trinajstić information content (AvgIpc) is 3.55. The van der Waals surface area contributed by atoms with E-state index in [1.807, 2.05) is 12.1 Å². The highest BCUT2D eigenvalue weighted by Crippen LogP contribution is 2.34. The molecular formula is C24H32N4O2S. The van der Waals surface area contributed by atoms with Gasteiger partial charge in [-0.25, -0.2) is 0 Å². The van der Waals surface area contributed by atoms with E-state index in [0.717, 1.165) is 56.9 Å². The molecule has 166 valence electrons. The molecule has 1 heterocycles. The molecule has 1 atom stereocenters. The molecule has 6 nitrogen and oxygen atoms in total. The van der Waals surface area contributed by atoms with E-state index in [9.17, 15) is 9.59 Å². The maximum atomic E-state index is 13.7. The molecule has 1 aromatic heterocycles. The predicted molar refractivity (Wildman–Crippen MR) is 122 cm³/mol. The Morgan fingerprint density at radius 2 is 1.61 bits per heavy atom. The van der Waals surface area contributed by atoms with Crippen molar-refractivity contribution in [3.8, 4) is 0 Å². The van der Waals surface area contributed by atoms with E-state index in [1.165, 1.54) is 17.1 Å². The molecule has 2 amide bonds. The van der Waals surface area contributed by atoms with Gasteiger partial charge in [-0.15, -0.1) is 5.10 Å². The first-order valence-electron chi connectivity index (χ1n) is 11.5. The topological polar surface area (TPSA) is 75.2 Å². The average molecular weight is 441 g/mol. The number of carbonyl (C=O) groups is 2. The molecule has 1 aromatic carbocycles. The summed E-state index contributed by atoms with van der Waals surface area (Å²) >= 11 is 1.17. The van der Waals surface area contributed by atoms with Crippen LogP contribution in [0, 0.1) is 0 Å². The summed E-state index contributed by atoms with van der Waals surface area (Å²) in [7, 11) is 0. The fourth-order valence-electron chi connectivity index (χ4n) is 4.92. The summed E-state index contributed by atoms with van der Waals surface area (Å²) in [4.78, 5) is 29.0. The Hall–Kier alpha value is -2.28. The van der Waals surface area contributed by atoms with Crippen molar-refractivity contribution in [3.05, 3.63) is 46.5 Å². The van der Waals surface area contributed by atoms with E-state index >= 15 is 0 Å². The first-order valence-corrected chi connectivity index (χ1v) is 12.4. The molecular weight excluding hydrogens is 408 g/mol. The summed E-state index contributed by atoms with van der Waals surface area (Å²) in [5, 5.41) is 8.96. The standard InChI is InChI=1S/C24H32N4O2S/c1-16(2)17-11-13-18(14-12-17)22(23(29)25-19-7-3-4-8-19)28(20-9-5-6-10-20)24(30)21-15-31-27-26-21/h11-16,19-20,22H,3-10H2,1-2H3,(H,25,29). The summed E-state index contributed by atoms with van der Waals surface area (Å²) in [5.41, 5.74) is 2.42. The highest BCUT2D eigenvalue weighted by Gasteiger charge is 2.39. The summed E-state index contributed by atoms with van der Waals surface area (Å²) < 4.78 is 3.89. The van der Waals surface area contributed by atoms with E-state index in [-0.39, 0.29) is 23.9 Å². The van der Waals surface area contributed by atoms with Gasteiger partial charge in [0, 0.05) is 17.5 Å². The third-order valence-corrected chi connectivity index (χ3v) is 7.18. The molecule has 0 aliphatic heterocycles. The van der Waals surface area contributed by atoms with Gasteiger partial charge in [-0.2, -0.15) is 0 Å². The van der Waals surface area contributed by atoms with Crippen molar-refractivity contribution < 1.29 is 9.59 Å². The smallest absolute Gasteiger partial charge is 0.276 e. The van der Waals surface area contributed by atoms with Crippen LogP contribution in [-0.2, 0) is 4.79 Å². The fourth-order valence-corrected chi connectivity index (χ4v) is 5.35. The molecule has 2 aliphatic rings. The predicted octanol–water partition coefficient (Wildman–Crippen LogP) is 4.85. The lowest BCUT2D eigenvalue weighted by molar-refractivity contribution is -0.127. The van der Waals surface area contributed by atoms with Crippen molar-refractivity contribution in [2.24, 2.45) is 0 Å². The Labute approximate surface area is 188 Å². The second kappa shape index (κ2) is 9.90. The van der Waals surface area contributed by atoms with Gasteiger partial charge in [0.2, 0.25) is 5.91 Å². The Balaban J connectivity index is 1.71. The third-order valence-electron chi connectivity index (χ3n) is 6.68. The van der Waals surface area contributed by atoms with E-state index in [2.05, 4.69) is 40.9 Å². The van der Waals surface area contributed by atoms with Crippen LogP contribution in [0.4, 0.5) is 0 Å². The largest absolute Gasteiger partial charge is 0.351 e. The third kappa shape index (κ3) is 4.97. The molecule has 2 saturated carbocycles. The molecule has 4 rings (SSSR count). The molecule has 0 saturated heterocycles. The van der Waals surface area contributed by atoms with Crippen molar-refractivity contribution in [1.29, 1.82) is 0 Å². The van der Waals surface area contributed by atoms with Crippen LogP contribution >= 0.6 is 11.5 Å². The van der Waals surface area contributed by atoms with E-state index in [4.69, 9.17) is 0 Å². The second-order valence-corrected chi connectivity index (χ2v) is 9.76. The lowest BCUT2D eigenvalue weighted by Gasteiger charge is -2.36. The number of hydrogen-bond donors (Lipinski definition) is 1. The molecule has 0 spiro atoms. The minimum atomic E-state index is -0.654. The minimum Gasteiger partial charge on any atom is -0.351 e. The SMILES string of the molecule is CC(C)c1ccc(C(C(=O)NC2CCCC2)N(C(=O)c2csnn2)C2CCCC2)cc1. The zero-order valence-corrected chi connectivity index (χ0v) is 19.2. The van der Waals surface area contributed by atoms with Crippen LogP contribution in [0.5, 0.6) is 0 Å². The summed E-state index contributed by atoms with van der Waals surface area (Å²) in [6.07, 6.45) is 8.31. The van der Waals surface area contributed by atoms with Crippen LogP contribution in [-0.4, -0.2) is 38.4 Å². The molecule has 1 unspecified atom stereocenters. The van der Waals surface area contributed by atoms with Crippen LogP contribution in [0.15, 0.2) is 29.6 Å². The number of nitrogens with one attached hydrogen (secondary N) is 1. The van der Waals surface area contributed by atoms with E-state index < -0.39 is 6.04 Å². The zero-order chi connectivity index (χ0) is 21.8. The number of nitrogens with zero attached hydrogens (tertiary/aromatic N) is 3. The Morgan fingerprint density at radius 3 is 2.19 bits per heavy atom. The maximum absolute atomic E-state index is 13.7. The molecule has 7 heteroatoms. The molecule has 0 radical (unpaired) electrons. The van der Waals surface area contributed by atoms with Gasteiger partial charge in [0.05, 0.1) is 0 Å². The summed E-state index contributed by atoms with van der Waals surface area (Å²) in [5.74, 6) is 0.140. The van der Waals surface area contributed by atoms with Gasteiger partial charge in [0.25, 0.3) is 5.91 Å². The van der Waals surface area contributed by atoms with Gasteiger partial charge in [-0.3, -0.25) is 9.59 Å². The van der Waals surface area contributed by atoms with Crippen LogP contribution in [0.2, 0.25) is 0 Å². The number of amides is 2. The van der Waals surface area contributed by atoms with Gasteiger partial charge in [0.1, 0.15) is 6.04 Å². The lowest BCUT2D eigenvalue weighted by Crippen LogP contribution is -2.49. The number of rotatable bonds is 7. The zero-order valence-electron chi connectivity index (χ0n) is 18.4. The molecule has 2 aromatic rings. The van der Waals surface area contributed by atoms with Crippen LogP contribution in [0.25, 0.3) is 0 Å². The van der Waals surface area contributed by atoms with E-state index in [1.54, 1.807) is 10.3 Å². The van der Waals surface area contributed by atoms with Crippen LogP contribution in [0.1, 0.15) is 98.8 Å². The number of benzene rings is 1. The normalized spacial score (nSPS) is 18.4.